The van der Waals surface area contributed by atoms with Crippen molar-refractivity contribution in [2.24, 2.45) is 5.92 Å². The van der Waals surface area contributed by atoms with Crippen LogP contribution < -0.4 is 16.2 Å². The Hall–Kier alpha value is -2.77. The van der Waals surface area contributed by atoms with Gasteiger partial charge >= 0.3 is 6.03 Å². The lowest BCUT2D eigenvalue weighted by Crippen LogP contribution is -2.48. The summed E-state index contributed by atoms with van der Waals surface area (Å²) < 4.78 is 1.00. The van der Waals surface area contributed by atoms with E-state index in [1.165, 1.54) is 18.8 Å². The molecule has 2 atom stereocenters. The molecule has 0 aromatic carbocycles. The number of amides is 3. The Morgan fingerprint density at radius 1 is 1.32 bits per heavy atom. The predicted octanol–water partition coefficient (Wildman–Crippen LogP) is 1.20. The summed E-state index contributed by atoms with van der Waals surface area (Å²) in [5.41, 5.74) is -0.222. The van der Waals surface area contributed by atoms with Gasteiger partial charge in [-0.25, -0.2) is 9.48 Å². The van der Waals surface area contributed by atoms with Crippen molar-refractivity contribution < 1.29 is 9.59 Å². The molecule has 2 aromatic rings. The van der Waals surface area contributed by atoms with Crippen molar-refractivity contribution in [2.75, 3.05) is 0 Å². The molecule has 3 rings (SSSR count). The van der Waals surface area contributed by atoms with Gasteiger partial charge in [-0.15, -0.1) is 0 Å². The number of carbonyl (C=O) groups excluding carboxylic acids is 2. The van der Waals surface area contributed by atoms with E-state index < -0.39 is 17.5 Å². The Morgan fingerprint density at radius 3 is 2.92 bits per heavy atom. The van der Waals surface area contributed by atoms with Gasteiger partial charge in [0.05, 0.1) is 6.20 Å². The molecule has 1 fully saturated rings. The highest BCUT2D eigenvalue weighted by atomic mass is 16.2. The first-order valence-corrected chi connectivity index (χ1v) is 8.46. The number of pyridine rings is 1. The molecule has 0 unspecified atom stereocenters. The first kappa shape index (κ1) is 17.1. The van der Waals surface area contributed by atoms with Crippen molar-refractivity contribution in [3.63, 3.8) is 0 Å². The number of nitrogens with one attached hydrogen (secondary N) is 2. The molecule has 8 heteroatoms. The molecular formula is C17H21N5O3. The van der Waals surface area contributed by atoms with Gasteiger partial charge in [-0.3, -0.25) is 19.9 Å². The van der Waals surface area contributed by atoms with E-state index in [1.54, 1.807) is 12.1 Å². The molecule has 0 saturated heterocycles. The third kappa shape index (κ3) is 4.01. The number of carbonyl (C=O) groups is 2. The lowest BCUT2D eigenvalue weighted by molar-refractivity contribution is -0.120. The van der Waals surface area contributed by atoms with Crippen molar-refractivity contribution >= 4 is 22.8 Å². The van der Waals surface area contributed by atoms with E-state index in [1.807, 2.05) is 0 Å². The van der Waals surface area contributed by atoms with Crippen molar-refractivity contribution in [1.29, 1.82) is 0 Å². The van der Waals surface area contributed by atoms with E-state index in [4.69, 9.17) is 0 Å². The Bertz CT molecular complexity index is 848. The lowest BCUT2D eigenvalue weighted by atomic mass is 9.86. The second-order valence-electron chi connectivity index (χ2n) is 6.44. The smallest absolute Gasteiger partial charge is 0.321 e. The van der Waals surface area contributed by atoms with Crippen LogP contribution in [0.3, 0.4) is 0 Å². The SMILES string of the molecule is C[C@H]1CCCC[C@H]1NC(=O)NC(=O)Cn1ncc2cccnc2c1=O. The number of urea groups is 1. The summed E-state index contributed by atoms with van der Waals surface area (Å²) >= 11 is 0. The molecule has 2 N–H and O–H groups in total. The summed E-state index contributed by atoms with van der Waals surface area (Å²) in [6, 6.07) is 2.97. The van der Waals surface area contributed by atoms with Crippen LogP contribution >= 0.6 is 0 Å². The summed E-state index contributed by atoms with van der Waals surface area (Å²) in [5, 5.41) is 9.66. The van der Waals surface area contributed by atoms with Gasteiger partial charge in [0.2, 0.25) is 5.91 Å². The van der Waals surface area contributed by atoms with Crippen LogP contribution in [0.25, 0.3) is 10.9 Å². The van der Waals surface area contributed by atoms with Crippen LogP contribution in [0.5, 0.6) is 0 Å². The van der Waals surface area contributed by atoms with Crippen molar-refractivity contribution in [2.45, 2.75) is 45.2 Å². The fourth-order valence-electron chi connectivity index (χ4n) is 3.16. The first-order chi connectivity index (χ1) is 12.0. The third-order valence-corrected chi connectivity index (χ3v) is 4.59. The Labute approximate surface area is 144 Å². The van der Waals surface area contributed by atoms with Crippen LogP contribution in [0.4, 0.5) is 4.79 Å². The fraction of sp³-hybridized carbons (Fsp3) is 0.471. The van der Waals surface area contributed by atoms with Crippen LogP contribution in [0.1, 0.15) is 32.6 Å². The molecule has 2 heterocycles. The topological polar surface area (TPSA) is 106 Å². The molecule has 132 valence electrons. The minimum Gasteiger partial charge on any atom is -0.335 e. The molecule has 1 saturated carbocycles. The van der Waals surface area contributed by atoms with Gasteiger partial charge in [-0.05, 0) is 30.9 Å². The van der Waals surface area contributed by atoms with Gasteiger partial charge in [-0.1, -0.05) is 19.8 Å². The van der Waals surface area contributed by atoms with E-state index in [2.05, 4.69) is 27.6 Å². The molecule has 8 nitrogen and oxygen atoms in total. The maximum absolute atomic E-state index is 12.3. The lowest BCUT2D eigenvalue weighted by Gasteiger charge is -2.29. The van der Waals surface area contributed by atoms with Gasteiger partial charge in [0.25, 0.3) is 5.56 Å². The summed E-state index contributed by atoms with van der Waals surface area (Å²) in [4.78, 5) is 40.3. The largest absolute Gasteiger partial charge is 0.335 e. The molecule has 0 aliphatic heterocycles. The van der Waals surface area contributed by atoms with Crippen LogP contribution in [0.15, 0.2) is 29.3 Å². The maximum atomic E-state index is 12.3. The van der Waals surface area contributed by atoms with E-state index in [0.717, 1.165) is 23.9 Å². The Balaban J connectivity index is 1.61. The normalized spacial score (nSPS) is 20.2. The second-order valence-corrected chi connectivity index (χ2v) is 6.44. The number of rotatable bonds is 3. The number of imide groups is 1. The number of hydrogen-bond acceptors (Lipinski definition) is 5. The zero-order chi connectivity index (χ0) is 17.8. The molecule has 0 spiro atoms. The van der Waals surface area contributed by atoms with Gasteiger partial charge in [0, 0.05) is 17.6 Å². The zero-order valence-corrected chi connectivity index (χ0v) is 14.1. The summed E-state index contributed by atoms with van der Waals surface area (Å²) in [6.07, 6.45) is 7.22. The minimum atomic E-state index is -0.592. The molecule has 1 aliphatic carbocycles. The summed E-state index contributed by atoms with van der Waals surface area (Å²) in [5.74, 6) is -0.198. The van der Waals surface area contributed by atoms with Gasteiger partial charge in [0.1, 0.15) is 12.1 Å². The first-order valence-electron chi connectivity index (χ1n) is 8.46. The molecule has 1 aliphatic rings. The van der Waals surface area contributed by atoms with Crippen molar-refractivity contribution in [1.82, 2.24) is 25.4 Å². The van der Waals surface area contributed by atoms with Crippen LogP contribution in [-0.4, -0.2) is 32.7 Å². The quantitative estimate of drug-likeness (QED) is 0.871. The van der Waals surface area contributed by atoms with Gasteiger partial charge in [-0.2, -0.15) is 5.10 Å². The number of fused-ring (bicyclic) bond motifs is 1. The van der Waals surface area contributed by atoms with Crippen molar-refractivity contribution in [3.05, 3.63) is 34.9 Å². The highest BCUT2D eigenvalue weighted by molar-refractivity contribution is 5.94. The van der Waals surface area contributed by atoms with E-state index in [0.29, 0.717) is 11.3 Å². The van der Waals surface area contributed by atoms with Crippen molar-refractivity contribution in [3.8, 4) is 0 Å². The van der Waals surface area contributed by atoms with Gasteiger partial charge in [0.15, 0.2) is 0 Å². The zero-order valence-electron chi connectivity index (χ0n) is 14.1. The van der Waals surface area contributed by atoms with E-state index in [-0.39, 0.29) is 18.1 Å². The minimum absolute atomic E-state index is 0.0762. The van der Waals surface area contributed by atoms with E-state index in [9.17, 15) is 14.4 Å². The monoisotopic (exact) mass is 343 g/mol. The Morgan fingerprint density at radius 2 is 2.12 bits per heavy atom. The average Bonchev–Trinajstić information content (AvgIpc) is 2.59. The van der Waals surface area contributed by atoms with Crippen LogP contribution in [0, 0.1) is 5.92 Å². The number of aromatic nitrogens is 3. The molecule has 0 radical (unpaired) electrons. The third-order valence-electron chi connectivity index (χ3n) is 4.59. The fourth-order valence-corrected chi connectivity index (χ4v) is 3.16. The number of nitrogens with zero attached hydrogens (tertiary/aromatic N) is 3. The Kier molecular flexibility index (Phi) is 5.06. The summed E-state index contributed by atoms with van der Waals surface area (Å²) in [6.45, 7) is 1.76. The summed E-state index contributed by atoms with van der Waals surface area (Å²) in [7, 11) is 0. The molecular weight excluding hydrogens is 322 g/mol. The molecule has 2 aromatic heterocycles. The van der Waals surface area contributed by atoms with Crippen LogP contribution in [0.2, 0.25) is 0 Å². The highest BCUT2D eigenvalue weighted by Gasteiger charge is 2.23. The van der Waals surface area contributed by atoms with Crippen LogP contribution in [-0.2, 0) is 11.3 Å². The maximum Gasteiger partial charge on any atom is 0.321 e. The molecule has 25 heavy (non-hydrogen) atoms. The highest BCUT2D eigenvalue weighted by Crippen LogP contribution is 2.23. The van der Waals surface area contributed by atoms with E-state index >= 15 is 0 Å². The second kappa shape index (κ2) is 7.42. The average molecular weight is 343 g/mol. The van der Waals surface area contributed by atoms with Gasteiger partial charge < -0.3 is 5.32 Å². The number of hydrogen-bond donors (Lipinski definition) is 2. The molecule has 3 amide bonds. The predicted molar refractivity (Wildman–Crippen MR) is 91.9 cm³/mol. The molecule has 0 bridgehead atoms. The standard InChI is InChI=1S/C17H21N5O3/c1-11-5-2-3-7-13(11)20-17(25)21-14(23)10-22-16(24)15-12(9-19-22)6-4-8-18-15/h4,6,8-9,11,13H,2-3,5,7,10H2,1H3,(H2,20,21,23,25)/t11-,13+/m0/s1.